The summed E-state index contributed by atoms with van der Waals surface area (Å²) in [6.07, 6.45) is 5.84. The Kier molecular flexibility index (Phi) is 5.36. The number of likely N-dealkylation sites (N-methyl/N-ethyl adjacent to an activating group) is 1. The maximum Gasteiger partial charge on any atom is 0.0764 e. The molecule has 1 aromatic carbocycles. The van der Waals surface area contributed by atoms with Gasteiger partial charge in [0.1, 0.15) is 0 Å². The van der Waals surface area contributed by atoms with Gasteiger partial charge < -0.3 is 10.0 Å². The van der Waals surface area contributed by atoms with Crippen LogP contribution in [0.5, 0.6) is 0 Å². The number of rotatable bonds is 4. The quantitative estimate of drug-likeness (QED) is 0.901. The Labute approximate surface area is 131 Å². The summed E-state index contributed by atoms with van der Waals surface area (Å²) in [5, 5.41) is 12.2. The Hall–Kier alpha value is -0.280. The molecular formula is C16H23Cl2NO. The van der Waals surface area contributed by atoms with Crippen molar-refractivity contribution in [1.82, 2.24) is 4.90 Å². The number of nitrogens with zero attached hydrogens (tertiary/aromatic N) is 1. The van der Waals surface area contributed by atoms with Gasteiger partial charge in [-0.2, -0.15) is 0 Å². The molecule has 0 spiro atoms. The molecule has 0 amide bonds. The van der Waals surface area contributed by atoms with Gasteiger partial charge >= 0.3 is 0 Å². The van der Waals surface area contributed by atoms with E-state index >= 15 is 0 Å². The lowest BCUT2D eigenvalue weighted by Crippen LogP contribution is -2.55. The molecule has 4 heteroatoms. The number of aliphatic hydroxyl groups excluding tert-OH is 1. The zero-order chi connectivity index (χ0) is 14.8. The summed E-state index contributed by atoms with van der Waals surface area (Å²) in [4.78, 5) is 2.19. The van der Waals surface area contributed by atoms with E-state index in [4.69, 9.17) is 23.2 Å². The fourth-order valence-corrected chi connectivity index (χ4v) is 3.73. The van der Waals surface area contributed by atoms with E-state index in [9.17, 15) is 5.11 Å². The SMILES string of the molecule is CN(C)C1(C(O)Cc2cc(Cl)ccc2Cl)CCCCC1. The summed E-state index contributed by atoms with van der Waals surface area (Å²) >= 11 is 12.3. The first kappa shape index (κ1) is 16.1. The first-order valence-corrected chi connectivity index (χ1v) is 8.01. The van der Waals surface area contributed by atoms with E-state index in [1.54, 1.807) is 12.1 Å². The van der Waals surface area contributed by atoms with Gasteiger partial charge in [-0.25, -0.2) is 0 Å². The molecule has 1 aliphatic carbocycles. The number of benzene rings is 1. The van der Waals surface area contributed by atoms with E-state index in [0.29, 0.717) is 16.5 Å². The van der Waals surface area contributed by atoms with E-state index in [1.807, 2.05) is 6.07 Å². The fraction of sp³-hybridized carbons (Fsp3) is 0.625. The number of aliphatic hydroxyl groups is 1. The number of hydrogen-bond acceptors (Lipinski definition) is 2. The first-order valence-electron chi connectivity index (χ1n) is 7.25. The van der Waals surface area contributed by atoms with E-state index < -0.39 is 6.10 Å². The summed E-state index contributed by atoms with van der Waals surface area (Å²) in [7, 11) is 4.13. The van der Waals surface area contributed by atoms with Gasteiger partial charge in [-0.3, -0.25) is 0 Å². The standard InChI is InChI=1S/C16H23Cl2NO/c1-19(2)16(8-4-3-5-9-16)15(20)11-12-10-13(17)6-7-14(12)18/h6-7,10,15,20H,3-5,8-9,11H2,1-2H3. The summed E-state index contributed by atoms with van der Waals surface area (Å²) in [5.74, 6) is 0. The van der Waals surface area contributed by atoms with Crippen molar-refractivity contribution in [2.45, 2.75) is 50.2 Å². The second kappa shape index (κ2) is 6.65. The van der Waals surface area contributed by atoms with Crippen LogP contribution in [0.1, 0.15) is 37.7 Å². The van der Waals surface area contributed by atoms with Crippen LogP contribution in [0.2, 0.25) is 10.0 Å². The van der Waals surface area contributed by atoms with Crippen molar-refractivity contribution < 1.29 is 5.11 Å². The Morgan fingerprint density at radius 3 is 2.45 bits per heavy atom. The van der Waals surface area contributed by atoms with E-state index in [0.717, 1.165) is 18.4 Å². The normalized spacial score (nSPS) is 20.1. The van der Waals surface area contributed by atoms with Gasteiger partial charge in [-0.05, 0) is 50.7 Å². The lowest BCUT2D eigenvalue weighted by atomic mass is 9.75. The third-order valence-corrected chi connectivity index (χ3v) is 5.26. The van der Waals surface area contributed by atoms with E-state index in [1.165, 1.54) is 19.3 Å². The van der Waals surface area contributed by atoms with Gasteiger partial charge in [0.2, 0.25) is 0 Å². The maximum atomic E-state index is 10.8. The molecule has 1 aromatic rings. The fourth-order valence-electron chi connectivity index (χ4n) is 3.34. The van der Waals surface area contributed by atoms with Crippen LogP contribution in [0.25, 0.3) is 0 Å². The molecule has 2 rings (SSSR count). The molecule has 1 unspecified atom stereocenters. The van der Waals surface area contributed by atoms with Crippen molar-refractivity contribution in [3.63, 3.8) is 0 Å². The molecule has 0 heterocycles. The molecule has 0 bridgehead atoms. The molecule has 1 atom stereocenters. The van der Waals surface area contributed by atoms with Crippen molar-refractivity contribution in [3.8, 4) is 0 Å². The highest BCUT2D eigenvalue weighted by Crippen LogP contribution is 2.37. The molecule has 0 radical (unpaired) electrons. The summed E-state index contributed by atoms with van der Waals surface area (Å²) in [5.41, 5.74) is 0.794. The second-order valence-electron chi connectivity index (χ2n) is 6.01. The monoisotopic (exact) mass is 315 g/mol. The van der Waals surface area contributed by atoms with Gasteiger partial charge in [0.15, 0.2) is 0 Å². The van der Waals surface area contributed by atoms with E-state index in [-0.39, 0.29) is 5.54 Å². The number of hydrogen-bond donors (Lipinski definition) is 1. The molecule has 1 saturated carbocycles. The predicted octanol–water partition coefficient (Wildman–Crippen LogP) is 4.16. The Morgan fingerprint density at radius 2 is 1.85 bits per heavy atom. The minimum absolute atomic E-state index is 0.135. The minimum atomic E-state index is -0.422. The van der Waals surface area contributed by atoms with Gasteiger partial charge in [-0.15, -0.1) is 0 Å². The lowest BCUT2D eigenvalue weighted by molar-refractivity contribution is -0.0310. The van der Waals surface area contributed by atoms with Crippen molar-refractivity contribution in [2.24, 2.45) is 0 Å². The molecule has 112 valence electrons. The van der Waals surface area contributed by atoms with Crippen LogP contribution in [0.15, 0.2) is 18.2 Å². The zero-order valence-electron chi connectivity index (χ0n) is 12.2. The molecule has 1 fully saturated rings. The molecule has 1 N–H and O–H groups in total. The van der Waals surface area contributed by atoms with Crippen molar-refractivity contribution in [1.29, 1.82) is 0 Å². The summed E-state index contributed by atoms with van der Waals surface area (Å²) in [6.45, 7) is 0. The predicted molar refractivity (Wildman–Crippen MR) is 85.7 cm³/mol. The highest BCUT2D eigenvalue weighted by Gasteiger charge is 2.40. The average Bonchev–Trinajstić information content (AvgIpc) is 2.43. The van der Waals surface area contributed by atoms with Crippen molar-refractivity contribution in [3.05, 3.63) is 33.8 Å². The summed E-state index contributed by atoms with van der Waals surface area (Å²) in [6, 6.07) is 5.44. The Bertz CT molecular complexity index is 456. The van der Waals surface area contributed by atoms with Gasteiger partial charge in [0.25, 0.3) is 0 Å². The van der Waals surface area contributed by atoms with Crippen molar-refractivity contribution in [2.75, 3.05) is 14.1 Å². The van der Waals surface area contributed by atoms with Crippen molar-refractivity contribution >= 4 is 23.2 Å². The Balaban J connectivity index is 2.20. The molecular weight excluding hydrogens is 293 g/mol. The van der Waals surface area contributed by atoms with Crippen LogP contribution in [-0.4, -0.2) is 35.7 Å². The highest BCUT2D eigenvalue weighted by molar-refractivity contribution is 6.33. The maximum absolute atomic E-state index is 10.8. The summed E-state index contributed by atoms with van der Waals surface area (Å²) < 4.78 is 0. The highest BCUT2D eigenvalue weighted by atomic mass is 35.5. The van der Waals surface area contributed by atoms with Crippen LogP contribution in [-0.2, 0) is 6.42 Å². The lowest BCUT2D eigenvalue weighted by Gasteiger charge is -2.46. The van der Waals surface area contributed by atoms with Crippen LogP contribution < -0.4 is 0 Å². The van der Waals surface area contributed by atoms with Crippen LogP contribution >= 0.6 is 23.2 Å². The van der Waals surface area contributed by atoms with E-state index in [2.05, 4.69) is 19.0 Å². The molecule has 20 heavy (non-hydrogen) atoms. The van der Waals surface area contributed by atoms with Gasteiger partial charge in [0.05, 0.1) is 6.10 Å². The van der Waals surface area contributed by atoms with Gasteiger partial charge in [-0.1, -0.05) is 42.5 Å². The molecule has 2 nitrogen and oxygen atoms in total. The Morgan fingerprint density at radius 1 is 1.20 bits per heavy atom. The smallest absolute Gasteiger partial charge is 0.0764 e. The number of halogens is 2. The van der Waals surface area contributed by atoms with Crippen LogP contribution in [0.3, 0.4) is 0 Å². The molecule has 0 aliphatic heterocycles. The zero-order valence-corrected chi connectivity index (χ0v) is 13.7. The van der Waals surface area contributed by atoms with Crippen LogP contribution in [0, 0.1) is 0 Å². The third kappa shape index (κ3) is 3.30. The van der Waals surface area contributed by atoms with Crippen LogP contribution in [0.4, 0.5) is 0 Å². The minimum Gasteiger partial charge on any atom is -0.391 e. The molecule has 1 aliphatic rings. The third-order valence-electron chi connectivity index (χ3n) is 4.65. The first-order chi connectivity index (χ1) is 9.45. The molecule has 0 aromatic heterocycles. The largest absolute Gasteiger partial charge is 0.391 e. The second-order valence-corrected chi connectivity index (χ2v) is 6.86. The average molecular weight is 316 g/mol. The van der Waals surface area contributed by atoms with Gasteiger partial charge in [0, 0.05) is 22.0 Å². The topological polar surface area (TPSA) is 23.5 Å². The molecule has 0 saturated heterocycles.